The van der Waals surface area contributed by atoms with Gasteiger partial charge in [-0.05, 0) is 26.7 Å². The molecule has 108 valence electrons. The van der Waals surface area contributed by atoms with Crippen molar-refractivity contribution in [1.82, 2.24) is 9.97 Å². The molecule has 4 heteroatoms. The second kappa shape index (κ2) is 7.97. The van der Waals surface area contributed by atoms with E-state index < -0.39 is 0 Å². The average molecular weight is 264 g/mol. The second-order valence-electron chi connectivity index (χ2n) is 5.29. The summed E-state index contributed by atoms with van der Waals surface area (Å²) >= 11 is 0. The van der Waals surface area contributed by atoms with Crippen LogP contribution in [0.25, 0.3) is 0 Å². The third kappa shape index (κ3) is 5.05. The third-order valence-corrected chi connectivity index (χ3v) is 3.33. The summed E-state index contributed by atoms with van der Waals surface area (Å²) in [5, 5.41) is 3.48. The van der Waals surface area contributed by atoms with Crippen LogP contribution < -0.4 is 11.1 Å². The Morgan fingerprint density at radius 3 is 2.53 bits per heavy atom. The van der Waals surface area contributed by atoms with Crippen molar-refractivity contribution in [2.45, 2.75) is 72.3 Å². The number of aryl methyl sites for hydroxylation is 1. The maximum atomic E-state index is 5.96. The predicted octanol–water partition coefficient (Wildman–Crippen LogP) is 3.70. The van der Waals surface area contributed by atoms with Crippen LogP contribution in [0.15, 0.2) is 0 Å². The van der Waals surface area contributed by atoms with Crippen LogP contribution in [0.1, 0.15) is 64.3 Å². The van der Waals surface area contributed by atoms with Gasteiger partial charge in [0.2, 0.25) is 0 Å². The largest absolute Gasteiger partial charge is 0.383 e. The Morgan fingerprint density at radius 2 is 1.89 bits per heavy atom. The van der Waals surface area contributed by atoms with Gasteiger partial charge in [0.15, 0.2) is 0 Å². The van der Waals surface area contributed by atoms with E-state index in [-0.39, 0.29) is 0 Å². The maximum Gasteiger partial charge on any atom is 0.134 e. The van der Waals surface area contributed by atoms with Crippen molar-refractivity contribution in [3.05, 3.63) is 11.4 Å². The molecule has 1 heterocycles. The van der Waals surface area contributed by atoms with Gasteiger partial charge >= 0.3 is 0 Å². The Bertz CT molecular complexity index is 390. The van der Waals surface area contributed by atoms with Crippen molar-refractivity contribution in [2.75, 3.05) is 11.1 Å². The highest BCUT2D eigenvalue weighted by Gasteiger charge is 2.10. The van der Waals surface area contributed by atoms with Gasteiger partial charge in [-0.1, -0.05) is 33.1 Å². The van der Waals surface area contributed by atoms with E-state index in [9.17, 15) is 0 Å². The monoisotopic (exact) mass is 264 g/mol. The quantitative estimate of drug-likeness (QED) is 0.703. The Balaban J connectivity index is 2.70. The second-order valence-corrected chi connectivity index (χ2v) is 5.29. The molecule has 0 radical (unpaired) electrons. The SMILES string of the molecule is CCCCCC(C)Nc1nc(CCC)nc(N)c1C. The number of nitrogens with zero attached hydrogens (tertiary/aromatic N) is 2. The number of rotatable bonds is 8. The first-order valence-electron chi connectivity index (χ1n) is 7.48. The normalized spacial score (nSPS) is 12.4. The highest BCUT2D eigenvalue weighted by molar-refractivity contribution is 5.55. The summed E-state index contributed by atoms with van der Waals surface area (Å²) in [6, 6.07) is 0.425. The molecule has 4 nitrogen and oxygen atoms in total. The third-order valence-electron chi connectivity index (χ3n) is 3.33. The molecule has 0 saturated heterocycles. The number of nitrogen functional groups attached to an aromatic ring is 1. The van der Waals surface area contributed by atoms with Crippen LogP contribution in [0.5, 0.6) is 0 Å². The molecule has 1 aromatic rings. The summed E-state index contributed by atoms with van der Waals surface area (Å²) in [5.74, 6) is 2.34. The Morgan fingerprint density at radius 1 is 1.16 bits per heavy atom. The molecule has 0 spiro atoms. The van der Waals surface area contributed by atoms with Gasteiger partial charge in [0, 0.05) is 18.0 Å². The maximum absolute atomic E-state index is 5.96. The first kappa shape index (κ1) is 15.7. The standard InChI is InChI=1S/C15H28N4/c1-5-7-8-10-11(3)17-15-12(4)14(16)18-13(19-15)9-6-2/h11H,5-10H2,1-4H3,(H3,16,17,18,19). The molecule has 3 N–H and O–H groups in total. The molecule has 0 saturated carbocycles. The number of unbranched alkanes of at least 4 members (excludes halogenated alkanes) is 2. The van der Waals surface area contributed by atoms with Crippen LogP contribution in [0, 0.1) is 6.92 Å². The number of hydrogen-bond acceptors (Lipinski definition) is 4. The van der Waals surface area contributed by atoms with Crippen LogP contribution in [0.2, 0.25) is 0 Å². The zero-order chi connectivity index (χ0) is 14.3. The summed E-state index contributed by atoms with van der Waals surface area (Å²) in [6.07, 6.45) is 6.88. The van der Waals surface area contributed by atoms with Crippen LogP contribution in [-0.2, 0) is 6.42 Å². The number of nitrogens with one attached hydrogen (secondary N) is 1. The molecule has 0 fully saturated rings. The molecule has 19 heavy (non-hydrogen) atoms. The summed E-state index contributed by atoms with van der Waals surface area (Å²) in [4.78, 5) is 8.92. The van der Waals surface area contributed by atoms with Gasteiger partial charge in [0.05, 0.1) is 0 Å². The molecule has 1 aromatic heterocycles. The molecule has 1 rings (SSSR count). The zero-order valence-electron chi connectivity index (χ0n) is 12.8. The van der Waals surface area contributed by atoms with E-state index in [0.717, 1.165) is 30.0 Å². The fourth-order valence-corrected chi connectivity index (χ4v) is 2.06. The highest BCUT2D eigenvalue weighted by atomic mass is 15.1. The lowest BCUT2D eigenvalue weighted by Crippen LogP contribution is -2.18. The van der Waals surface area contributed by atoms with E-state index in [1.165, 1.54) is 25.7 Å². The summed E-state index contributed by atoms with van der Waals surface area (Å²) in [5.41, 5.74) is 6.92. The highest BCUT2D eigenvalue weighted by Crippen LogP contribution is 2.19. The molecule has 0 bridgehead atoms. The van der Waals surface area contributed by atoms with Crippen molar-refractivity contribution in [3.8, 4) is 0 Å². The van der Waals surface area contributed by atoms with Gasteiger partial charge in [-0.15, -0.1) is 0 Å². The molecule has 0 aliphatic rings. The van der Waals surface area contributed by atoms with Crippen molar-refractivity contribution in [2.24, 2.45) is 0 Å². The first-order chi connectivity index (χ1) is 9.08. The van der Waals surface area contributed by atoms with E-state index in [1.807, 2.05) is 6.92 Å². The summed E-state index contributed by atoms with van der Waals surface area (Å²) < 4.78 is 0. The van der Waals surface area contributed by atoms with Gasteiger partial charge in [0.1, 0.15) is 17.5 Å². The first-order valence-corrected chi connectivity index (χ1v) is 7.48. The summed E-state index contributed by atoms with van der Waals surface area (Å²) in [7, 11) is 0. The van der Waals surface area contributed by atoms with Crippen molar-refractivity contribution >= 4 is 11.6 Å². The van der Waals surface area contributed by atoms with E-state index in [4.69, 9.17) is 5.73 Å². The molecular weight excluding hydrogens is 236 g/mol. The molecule has 0 aliphatic heterocycles. The topological polar surface area (TPSA) is 63.8 Å². The lowest BCUT2D eigenvalue weighted by atomic mass is 10.1. The van der Waals surface area contributed by atoms with E-state index >= 15 is 0 Å². The number of anilines is 2. The minimum atomic E-state index is 0.425. The lowest BCUT2D eigenvalue weighted by molar-refractivity contribution is 0.613. The van der Waals surface area contributed by atoms with Gasteiger partial charge in [-0.2, -0.15) is 0 Å². The van der Waals surface area contributed by atoms with Crippen LogP contribution >= 0.6 is 0 Å². The van der Waals surface area contributed by atoms with Crippen molar-refractivity contribution in [3.63, 3.8) is 0 Å². The lowest BCUT2D eigenvalue weighted by Gasteiger charge is -2.17. The van der Waals surface area contributed by atoms with Gasteiger partial charge in [0.25, 0.3) is 0 Å². The average Bonchev–Trinajstić information content (AvgIpc) is 2.36. The van der Waals surface area contributed by atoms with Crippen LogP contribution in [-0.4, -0.2) is 16.0 Å². The number of hydrogen-bond donors (Lipinski definition) is 2. The zero-order valence-corrected chi connectivity index (χ0v) is 12.8. The summed E-state index contributed by atoms with van der Waals surface area (Å²) in [6.45, 7) is 8.53. The van der Waals surface area contributed by atoms with Crippen molar-refractivity contribution < 1.29 is 0 Å². The molecule has 1 atom stereocenters. The minimum Gasteiger partial charge on any atom is -0.383 e. The Labute approximate surface area is 117 Å². The molecular formula is C15H28N4. The van der Waals surface area contributed by atoms with E-state index in [1.54, 1.807) is 0 Å². The Hall–Kier alpha value is -1.32. The smallest absolute Gasteiger partial charge is 0.134 e. The minimum absolute atomic E-state index is 0.425. The van der Waals surface area contributed by atoms with Gasteiger partial charge < -0.3 is 11.1 Å². The number of aromatic nitrogens is 2. The fraction of sp³-hybridized carbons (Fsp3) is 0.733. The molecule has 1 unspecified atom stereocenters. The molecule has 0 aliphatic carbocycles. The van der Waals surface area contributed by atoms with E-state index in [0.29, 0.717) is 11.9 Å². The predicted molar refractivity (Wildman–Crippen MR) is 82.4 cm³/mol. The van der Waals surface area contributed by atoms with E-state index in [2.05, 4.69) is 36.1 Å². The Kier molecular flexibility index (Phi) is 6.60. The van der Waals surface area contributed by atoms with Crippen LogP contribution in [0.4, 0.5) is 11.6 Å². The van der Waals surface area contributed by atoms with Gasteiger partial charge in [-0.25, -0.2) is 9.97 Å². The van der Waals surface area contributed by atoms with Gasteiger partial charge in [-0.3, -0.25) is 0 Å². The molecule has 0 amide bonds. The fourth-order valence-electron chi connectivity index (χ4n) is 2.06. The number of nitrogens with two attached hydrogens (primary N) is 1. The van der Waals surface area contributed by atoms with Crippen LogP contribution in [0.3, 0.4) is 0 Å². The molecule has 0 aromatic carbocycles. The van der Waals surface area contributed by atoms with Crippen molar-refractivity contribution in [1.29, 1.82) is 0 Å².